The molecule has 1 fully saturated rings. The number of aliphatic hydroxyl groups is 1. The molecule has 1 aromatic carbocycles. The molecule has 2 atom stereocenters. The van der Waals surface area contributed by atoms with E-state index in [-0.39, 0.29) is 0 Å². The summed E-state index contributed by atoms with van der Waals surface area (Å²) in [7, 11) is 1.70. The van der Waals surface area contributed by atoms with Crippen LogP contribution in [0.1, 0.15) is 31.7 Å². The van der Waals surface area contributed by atoms with Crippen LogP contribution in [-0.2, 0) is 6.54 Å². The van der Waals surface area contributed by atoms with E-state index in [0.717, 1.165) is 25.3 Å². The van der Waals surface area contributed by atoms with Crippen molar-refractivity contribution in [1.29, 1.82) is 0 Å². The molecule has 0 bridgehead atoms. The number of nitrogens with zero attached hydrogens (tertiary/aromatic N) is 1. The van der Waals surface area contributed by atoms with Gasteiger partial charge in [0.15, 0.2) is 0 Å². The van der Waals surface area contributed by atoms with Crippen molar-refractivity contribution in [2.75, 3.05) is 20.3 Å². The first kappa shape index (κ1) is 14.4. The van der Waals surface area contributed by atoms with Crippen LogP contribution in [0.15, 0.2) is 24.3 Å². The number of hydrogen-bond donors (Lipinski definition) is 1. The van der Waals surface area contributed by atoms with E-state index in [1.807, 2.05) is 12.1 Å². The van der Waals surface area contributed by atoms with Gasteiger partial charge in [0.2, 0.25) is 0 Å². The largest absolute Gasteiger partial charge is 0.497 e. The summed E-state index contributed by atoms with van der Waals surface area (Å²) in [6, 6.07) is 8.95. The molecule has 0 unspecified atom stereocenters. The molecule has 1 saturated heterocycles. The summed E-state index contributed by atoms with van der Waals surface area (Å²) < 4.78 is 5.18. The molecule has 1 aliphatic rings. The SMILES string of the molecule is COc1ccc(CN2CC[C@H](CCO)C[C@H]2C)cc1. The maximum atomic E-state index is 9.03. The van der Waals surface area contributed by atoms with Gasteiger partial charge in [-0.15, -0.1) is 0 Å². The standard InChI is InChI=1S/C16H25NO2/c1-13-11-14(8-10-18)7-9-17(13)12-15-3-5-16(19-2)6-4-15/h3-6,13-14,18H,7-12H2,1-2H3/t13-,14-/m1/s1. The summed E-state index contributed by atoms with van der Waals surface area (Å²) in [5, 5.41) is 9.03. The smallest absolute Gasteiger partial charge is 0.118 e. The van der Waals surface area contributed by atoms with Gasteiger partial charge in [0.05, 0.1) is 7.11 Å². The molecule has 2 rings (SSSR count). The molecule has 1 aromatic rings. The summed E-state index contributed by atoms with van der Waals surface area (Å²) in [5.74, 6) is 1.62. The van der Waals surface area contributed by atoms with E-state index < -0.39 is 0 Å². The Labute approximate surface area is 116 Å². The van der Waals surface area contributed by atoms with E-state index in [2.05, 4.69) is 24.0 Å². The number of rotatable bonds is 5. The lowest BCUT2D eigenvalue weighted by Gasteiger charge is -2.37. The van der Waals surface area contributed by atoms with Crippen molar-refractivity contribution in [3.05, 3.63) is 29.8 Å². The third-order valence-corrected chi connectivity index (χ3v) is 4.20. The van der Waals surface area contributed by atoms with Gasteiger partial charge in [-0.05, 0) is 56.3 Å². The average Bonchev–Trinajstić information content (AvgIpc) is 2.43. The fraction of sp³-hybridized carbons (Fsp3) is 0.625. The molecule has 0 amide bonds. The second kappa shape index (κ2) is 6.92. The predicted octanol–water partition coefficient (Wildman–Crippen LogP) is 2.68. The second-order valence-corrected chi connectivity index (χ2v) is 5.57. The third-order valence-electron chi connectivity index (χ3n) is 4.20. The normalized spacial score (nSPS) is 24.4. The summed E-state index contributed by atoms with van der Waals surface area (Å²) in [4.78, 5) is 2.54. The lowest BCUT2D eigenvalue weighted by Crippen LogP contribution is -2.40. The van der Waals surface area contributed by atoms with Gasteiger partial charge in [-0.3, -0.25) is 4.90 Å². The van der Waals surface area contributed by atoms with Crippen molar-refractivity contribution >= 4 is 0 Å². The Kier molecular flexibility index (Phi) is 5.23. The Balaban J connectivity index is 1.88. The minimum atomic E-state index is 0.329. The van der Waals surface area contributed by atoms with Gasteiger partial charge < -0.3 is 9.84 Å². The molecule has 0 aliphatic carbocycles. The van der Waals surface area contributed by atoms with E-state index in [9.17, 15) is 0 Å². The summed E-state index contributed by atoms with van der Waals surface area (Å²) >= 11 is 0. The van der Waals surface area contributed by atoms with Crippen molar-refractivity contribution in [2.45, 2.75) is 38.8 Å². The lowest BCUT2D eigenvalue weighted by molar-refractivity contribution is 0.102. The molecule has 3 heteroatoms. The van der Waals surface area contributed by atoms with Crippen LogP contribution < -0.4 is 4.74 Å². The molecule has 3 nitrogen and oxygen atoms in total. The number of aliphatic hydroxyl groups excluding tert-OH is 1. The highest BCUT2D eigenvalue weighted by Crippen LogP contribution is 2.26. The quantitative estimate of drug-likeness (QED) is 0.886. The number of hydrogen-bond acceptors (Lipinski definition) is 3. The van der Waals surface area contributed by atoms with Crippen molar-refractivity contribution in [1.82, 2.24) is 4.90 Å². The monoisotopic (exact) mass is 263 g/mol. The topological polar surface area (TPSA) is 32.7 Å². The first-order valence-corrected chi connectivity index (χ1v) is 7.20. The molecule has 1 N–H and O–H groups in total. The Morgan fingerprint density at radius 3 is 2.63 bits per heavy atom. The molecule has 0 saturated carbocycles. The number of ether oxygens (including phenoxy) is 1. The number of methoxy groups -OCH3 is 1. The molecule has 1 aliphatic heterocycles. The molecule has 0 radical (unpaired) electrons. The van der Waals surface area contributed by atoms with Crippen molar-refractivity contribution in [3.8, 4) is 5.75 Å². The molecule has 0 aromatic heterocycles. The molecule has 0 spiro atoms. The van der Waals surface area contributed by atoms with Crippen molar-refractivity contribution in [3.63, 3.8) is 0 Å². The van der Waals surface area contributed by atoms with Crippen LogP contribution in [0, 0.1) is 5.92 Å². The highest BCUT2D eigenvalue weighted by atomic mass is 16.5. The van der Waals surface area contributed by atoms with Gasteiger partial charge in [0.25, 0.3) is 0 Å². The van der Waals surface area contributed by atoms with Gasteiger partial charge >= 0.3 is 0 Å². The predicted molar refractivity (Wildman–Crippen MR) is 77.3 cm³/mol. The minimum absolute atomic E-state index is 0.329. The zero-order chi connectivity index (χ0) is 13.7. The summed E-state index contributed by atoms with van der Waals surface area (Å²) in [5.41, 5.74) is 1.34. The number of piperidine rings is 1. The summed E-state index contributed by atoms with van der Waals surface area (Å²) in [6.07, 6.45) is 3.37. The zero-order valence-corrected chi connectivity index (χ0v) is 12.0. The van der Waals surface area contributed by atoms with E-state index in [4.69, 9.17) is 9.84 Å². The fourth-order valence-electron chi connectivity index (χ4n) is 2.96. The molecule has 19 heavy (non-hydrogen) atoms. The Bertz CT molecular complexity index is 377. The fourth-order valence-corrected chi connectivity index (χ4v) is 2.96. The average molecular weight is 263 g/mol. The van der Waals surface area contributed by atoms with Gasteiger partial charge in [0.1, 0.15) is 5.75 Å². The van der Waals surface area contributed by atoms with E-state index in [0.29, 0.717) is 18.6 Å². The Hall–Kier alpha value is -1.06. The van der Waals surface area contributed by atoms with Crippen LogP contribution in [0.3, 0.4) is 0 Å². The van der Waals surface area contributed by atoms with Gasteiger partial charge in [-0.2, -0.15) is 0 Å². The van der Waals surface area contributed by atoms with Crippen LogP contribution in [0.2, 0.25) is 0 Å². The molecular weight excluding hydrogens is 238 g/mol. The minimum Gasteiger partial charge on any atom is -0.497 e. The Morgan fingerprint density at radius 2 is 2.05 bits per heavy atom. The van der Waals surface area contributed by atoms with E-state index >= 15 is 0 Å². The maximum Gasteiger partial charge on any atom is 0.118 e. The van der Waals surface area contributed by atoms with Gasteiger partial charge in [0, 0.05) is 19.2 Å². The van der Waals surface area contributed by atoms with Crippen LogP contribution in [0.4, 0.5) is 0 Å². The molecule has 1 heterocycles. The van der Waals surface area contributed by atoms with Crippen LogP contribution in [0.5, 0.6) is 5.75 Å². The Morgan fingerprint density at radius 1 is 1.32 bits per heavy atom. The van der Waals surface area contributed by atoms with Crippen LogP contribution in [-0.4, -0.2) is 36.3 Å². The zero-order valence-electron chi connectivity index (χ0n) is 12.0. The first-order chi connectivity index (χ1) is 9.22. The van der Waals surface area contributed by atoms with Crippen molar-refractivity contribution in [2.24, 2.45) is 5.92 Å². The molecular formula is C16H25NO2. The number of likely N-dealkylation sites (tertiary alicyclic amines) is 1. The number of benzene rings is 1. The van der Waals surface area contributed by atoms with Gasteiger partial charge in [-0.1, -0.05) is 12.1 Å². The third kappa shape index (κ3) is 3.95. The first-order valence-electron chi connectivity index (χ1n) is 7.20. The highest BCUT2D eigenvalue weighted by Gasteiger charge is 2.24. The van der Waals surface area contributed by atoms with Crippen LogP contribution in [0.25, 0.3) is 0 Å². The highest BCUT2D eigenvalue weighted by molar-refractivity contribution is 5.27. The lowest BCUT2D eigenvalue weighted by atomic mass is 9.89. The van der Waals surface area contributed by atoms with E-state index in [1.54, 1.807) is 7.11 Å². The van der Waals surface area contributed by atoms with Crippen molar-refractivity contribution < 1.29 is 9.84 Å². The summed E-state index contributed by atoms with van der Waals surface area (Å²) in [6.45, 7) is 4.78. The van der Waals surface area contributed by atoms with Gasteiger partial charge in [-0.25, -0.2) is 0 Å². The van der Waals surface area contributed by atoms with E-state index in [1.165, 1.54) is 18.4 Å². The second-order valence-electron chi connectivity index (χ2n) is 5.57. The maximum absolute atomic E-state index is 9.03. The molecule has 106 valence electrons. The van der Waals surface area contributed by atoms with Crippen LogP contribution >= 0.6 is 0 Å².